The Morgan fingerprint density at radius 2 is 2.22 bits per heavy atom. The van der Waals surface area contributed by atoms with E-state index in [1.165, 1.54) is 4.88 Å². The van der Waals surface area contributed by atoms with E-state index in [1.807, 2.05) is 35.9 Å². The van der Waals surface area contributed by atoms with Crippen molar-refractivity contribution in [3.63, 3.8) is 0 Å². The van der Waals surface area contributed by atoms with Gasteiger partial charge in [0.15, 0.2) is 5.13 Å². The largest absolute Gasteiger partial charge is 0.352 e. The van der Waals surface area contributed by atoms with E-state index in [1.54, 1.807) is 28.9 Å². The lowest BCUT2D eigenvalue weighted by molar-refractivity contribution is 0.0953. The number of aromatic nitrogens is 2. The molecular weight excluding hydrogens is 394 g/mol. The zero-order chi connectivity index (χ0) is 16.4. The Hall–Kier alpha value is -1.44. The first kappa shape index (κ1) is 16.4. The van der Waals surface area contributed by atoms with Gasteiger partial charge in [-0.1, -0.05) is 0 Å². The molecule has 23 heavy (non-hydrogen) atoms. The molecule has 0 bridgehead atoms. The van der Waals surface area contributed by atoms with Gasteiger partial charge in [-0.15, -0.1) is 22.7 Å². The second-order valence-electron chi connectivity index (χ2n) is 5.15. The number of carbonyl (C=O) groups is 1. The topological polar surface area (TPSA) is 46.9 Å². The Balaban J connectivity index is 1.69. The number of carbonyl (C=O) groups excluding carboxylic acids is 1. The highest BCUT2D eigenvalue weighted by Gasteiger charge is 2.17. The summed E-state index contributed by atoms with van der Waals surface area (Å²) >= 11 is 6.71. The molecule has 120 valence electrons. The molecule has 3 heterocycles. The minimum Gasteiger partial charge on any atom is -0.352 e. The molecule has 3 rings (SSSR count). The Morgan fingerprint density at radius 1 is 1.39 bits per heavy atom. The molecular formula is C16H16BrN3OS2. The number of nitrogens with zero attached hydrogens (tertiary/aromatic N) is 2. The van der Waals surface area contributed by atoms with Crippen molar-refractivity contribution in [3.05, 3.63) is 55.4 Å². The normalized spacial score (nSPS) is 10.9. The maximum absolute atomic E-state index is 12.4. The van der Waals surface area contributed by atoms with Crippen LogP contribution < -0.4 is 5.32 Å². The molecule has 4 nitrogen and oxygen atoms in total. The zero-order valence-electron chi connectivity index (χ0n) is 12.8. The molecule has 0 spiro atoms. The third-order valence-electron chi connectivity index (χ3n) is 3.57. The van der Waals surface area contributed by atoms with Crippen molar-refractivity contribution in [2.45, 2.75) is 20.3 Å². The summed E-state index contributed by atoms with van der Waals surface area (Å²) in [6, 6.07) is 6.03. The SMILES string of the molecule is Cc1cc(C(=O)NCCc2ccc(Br)s2)c(C)n1-c1nccs1. The van der Waals surface area contributed by atoms with Crippen LogP contribution in [0.5, 0.6) is 0 Å². The van der Waals surface area contributed by atoms with Gasteiger partial charge < -0.3 is 5.32 Å². The van der Waals surface area contributed by atoms with Crippen LogP contribution in [0, 0.1) is 13.8 Å². The fraction of sp³-hybridized carbons (Fsp3) is 0.250. The van der Waals surface area contributed by atoms with E-state index < -0.39 is 0 Å². The van der Waals surface area contributed by atoms with Crippen LogP contribution >= 0.6 is 38.6 Å². The van der Waals surface area contributed by atoms with Crippen LogP contribution in [-0.2, 0) is 6.42 Å². The van der Waals surface area contributed by atoms with E-state index in [9.17, 15) is 4.79 Å². The molecule has 1 N–H and O–H groups in total. The van der Waals surface area contributed by atoms with Gasteiger partial charge in [0, 0.05) is 34.4 Å². The van der Waals surface area contributed by atoms with Crippen LogP contribution in [0.15, 0.2) is 33.6 Å². The van der Waals surface area contributed by atoms with E-state index in [0.717, 1.165) is 26.7 Å². The number of nitrogens with one attached hydrogen (secondary N) is 1. The van der Waals surface area contributed by atoms with Crippen molar-refractivity contribution >= 4 is 44.5 Å². The minimum atomic E-state index is -0.0310. The number of halogens is 1. The number of thiazole rings is 1. The molecule has 0 aliphatic heterocycles. The predicted octanol–water partition coefficient (Wildman–Crippen LogP) is 4.35. The van der Waals surface area contributed by atoms with Crippen LogP contribution in [0.1, 0.15) is 26.6 Å². The molecule has 0 fully saturated rings. The number of thiophene rings is 1. The molecule has 0 unspecified atom stereocenters. The predicted molar refractivity (Wildman–Crippen MR) is 99.0 cm³/mol. The summed E-state index contributed by atoms with van der Waals surface area (Å²) < 4.78 is 3.14. The first-order valence-electron chi connectivity index (χ1n) is 7.17. The van der Waals surface area contributed by atoms with Crippen molar-refractivity contribution in [1.29, 1.82) is 0 Å². The van der Waals surface area contributed by atoms with Gasteiger partial charge in [-0.05, 0) is 54.4 Å². The highest BCUT2D eigenvalue weighted by atomic mass is 79.9. The van der Waals surface area contributed by atoms with Gasteiger partial charge in [0.25, 0.3) is 5.91 Å². The fourth-order valence-corrected chi connectivity index (χ4v) is 4.73. The summed E-state index contributed by atoms with van der Waals surface area (Å²) in [5.74, 6) is -0.0310. The Kier molecular flexibility index (Phi) is 4.99. The Bertz CT molecular complexity index is 821. The van der Waals surface area contributed by atoms with E-state index >= 15 is 0 Å². The summed E-state index contributed by atoms with van der Waals surface area (Å²) in [5.41, 5.74) is 2.66. The zero-order valence-corrected chi connectivity index (χ0v) is 16.0. The van der Waals surface area contributed by atoms with Gasteiger partial charge in [0.1, 0.15) is 0 Å². The summed E-state index contributed by atoms with van der Waals surface area (Å²) in [6.45, 7) is 4.58. The van der Waals surface area contributed by atoms with Gasteiger partial charge in [0.05, 0.1) is 9.35 Å². The molecule has 7 heteroatoms. The molecule has 0 radical (unpaired) electrons. The summed E-state index contributed by atoms with van der Waals surface area (Å²) in [5, 5.41) is 5.83. The molecule has 1 amide bonds. The Morgan fingerprint density at radius 3 is 2.87 bits per heavy atom. The monoisotopic (exact) mass is 409 g/mol. The van der Waals surface area contributed by atoms with Crippen molar-refractivity contribution in [3.8, 4) is 5.13 Å². The minimum absolute atomic E-state index is 0.0310. The molecule has 0 saturated heterocycles. The third-order valence-corrected chi connectivity index (χ3v) is 6.01. The molecule has 3 aromatic rings. The molecule has 0 aliphatic carbocycles. The lowest BCUT2D eigenvalue weighted by Gasteiger charge is -2.06. The summed E-state index contributed by atoms with van der Waals surface area (Å²) in [4.78, 5) is 18.0. The van der Waals surface area contributed by atoms with Gasteiger partial charge in [-0.2, -0.15) is 0 Å². The van der Waals surface area contributed by atoms with Gasteiger partial charge in [-0.25, -0.2) is 4.98 Å². The highest BCUT2D eigenvalue weighted by molar-refractivity contribution is 9.11. The third kappa shape index (κ3) is 3.57. The first-order valence-corrected chi connectivity index (χ1v) is 9.66. The van der Waals surface area contributed by atoms with Crippen molar-refractivity contribution in [1.82, 2.24) is 14.9 Å². The molecule has 3 aromatic heterocycles. The van der Waals surface area contributed by atoms with E-state index in [-0.39, 0.29) is 5.91 Å². The lowest BCUT2D eigenvalue weighted by Crippen LogP contribution is -2.25. The molecule has 0 saturated carbocycles. The first-order chi connectivity index (χ1) is 11.1. The average Bonchev–Trinajstić information content (AvgIpc) is 3.21. The van der Waals surface area contributed by atoms with E-state index in [2.05, 4.69) is 32.3 Å². The smallest absolute Gasteiger partial charge is 0.253 e. The molecule has 0 aliphatic rings. The average molecular weight is 410 g/mol. The van der Waals surface area contributed by atoms with Gasteiger partial charge in [0.2, 0.25) is 0 Å². The maximum atomic E-state index is 12.4. The second-order valence-corrected chi connectivity index (χ2v) is 8.57. The van der Waals surface area contributed by atoms with Crippen molar-refractivity contribution < 1.29 is 4.79 Å². The van der Waals surface area contributed by atoms with Crippen LogP contribution in [-0.4, -0.2) is 22.0 Å². The van der Waals surface area contributed by atoms with Crippen LogP contribution in [0.2, 0.25) is 0 Å². The standard InChI is InChI=1S/C16H16BrN3OS2/c1-10-9-13(11(2)20(10)16-19-7-8-22-16)15(21)18-6-5-12-3-4-14(17)23-12/h3-4,7-9H,5-6H2,1-2H3,(H,18,21). The number of aryl methyl sites for hydroxylation is 1. The highest BCUT2D eigenvalue weighted by Crippen LogP contribution is 2.23. The van der Waals surface area contributed by atoms with Gasteiger partial charge >= 0.3 is 0 Å². The van der Waals surface area contributed by atoms with E-state index in [0.29, 0.717) is 12.1 Å². The maximum Gasteiger partial charge on any atom is 0.253 e. The van der Waals surface area contributed by atoms with Crippen molar-refractivity contribution in [2.75, 3.05) is 6.54 Å². The molecule has 0 aromatic carbocycles. The number of amides is 1. The molecule has 0 atom stereocenters. The number of hydrogen-bond donors (Lipinski definition) is 1. The van der Waals surface area contributed by atoms with Crippen molar-refractivity contribution in [2.24, 2.45) is 0 Å². The fourth-order valence-electron chi connectivity index (χ4n) is 2.49. The van der Waals surface area contributed by atoms with E-state index in [4.69, 9.17) is 0 Å². The Labute approximate surface area is 151 Å². The summed E-state index contributed by atoms with van der Waals surface area (Å²) in [7, 11) is 0. The van der Waals surface area contributed by atoms with Crippen LogP contribution in [0.25, 0.3) is 5.13 Å². The quantitative estimate of drug-likeness (QED) is 0.680. The second kappa shape index (κ2) is 6.98. The number of rotatable bonds is 5. The van der Waals surface area contributed by atoms with Crippen LogP contribution in [0.4, 0.5) is 0 Å². The lowest BCUT2D eigenvalue weighted by atomic mass is 10.2. The van der Waals surface area contributed by atoms with Gasteiger partial charge in [-0.3, -0.25) is 9.36 Å². The van der Waals surface area contributed by atoms with Crippen LogP contribution in [0.3, 0.4) is 0 Å². The summed E-state index contributed by atoms with van der Waals surface area (Å²) in [6.07, 6.45) is 2.62. The number of hydrogen-bond acceptors (Lipinski definition) is 4.